The predicted octanol–water partition coefficient (Wildman–Crippen LogP) is 2.86. The first kappa shape index (κ1) is 27.2. The minimum atomic E-state index is -3.83. The van der Waals surface area contributed by atoms with Crippen molar-refractivity contribution in [3.8, 4) is 5.75 Å². The highest BCUT2D eigenvalue weighted by molar-refractivity contribution is 7.89. The highest BCUT2D eigenvalue weighted by Crippen LogP contribution is 2.54. The lowest BCUT2D eigenvalue weighted by atomic mass is 9.93. The molecule has 1 aliphatic carbocycles. The lowest BCUT2D eigenvalue weighted by Gasteiger charge is -2.35. The highest BCUT2D eigenvalue weighted by Gasteiger charge is 2.44. The van der Waals surface area contributed by atoms with Gasteiger partial charge in [0.25, 0.3) is 5.91 Å². The molecule has 0 bridgehead atoms. The van der Waals surface area contributed by atoms with Crippen LogP contribution in [0.15, 0.2) is 29.2 Å². The molecule has 6 rings (SSSR count). The van der Waals surface area contributed by atoms with Crippen LogP contribution in [0.5, 0.6) is 5.75 Å². The smallest absolute Gasteiger partial charge is 0.274 e. The second-order valence-electron chi connectivity index (χ2n) is 11.3. The predicted molar refractivity (Wildman–Crippen MR) is 150 cm³/mol. The molecule has 2 saturated heterocycles. The number of hydrogen-bond donors (Lipinski definition) is 3. The fraction of sp³-hybridized carbons (Fsp3) is 0.571. The fourth-order valence-electron chi connectivity index (χ4n) is 5.96. The second-order valence-corrected chi connectivity index (χ2v) is 13.1. The Morgan fingerprint density at radius 3 is 2.55 bits per heavy atom. The molecule has 3 N–H and O–H groups in total. The maximum atomic E-state index is 13.8. The molecule has 1 saturated carbocycles. The number of anilines is 3. The van der Waals surface area contributed by atoms with E-state index in [2.05, 4.69) is 19.9 Å². The number of aliphatic hydroxyl groups excluding tert-OH is 1. The van der Waals surface area contributed by atoms with Crippen LogP contribution in [0, 0.1) is 5.41 Å². The van der Waals surface area contributed by atoms with Gasteiger partial charge in [-0.05, 0) is 68.2 Å². The van der Waals surface area contributed by atoms with Gasteiger partial charge in [-0.25, -0.2) is 22.5 Å². The van der Waals surface area contributed by atoms with Gasteiger partial charge in [0, 0.05) is 44.7 Å². The molecule has 12 heteroatoms. The Morgan fingerprint density at radius 2 is 1.85 bits per heavy atom. The summed E-state index contributed by atoms with van der Waals surface area (Å²) >= 11 is 0. The molecular weight excluding hydrogens is 537 g/mol. The van der Waals surface area contributed by atoms with Crippen molar-refractivity contribution < 1.29 is 27.4 Å². The lowest BCUT2D eigenvalue weighted by molar-refractivity contribution is 0.102. The van der Waals surface area contributed by atoms with Crippen LogP contribution in [0.1, 0.15) is 54.6 Å². The van der Waals surface area contributed by atoms with Gasteiger partial charge in [-0.1, -0.05) is 0 Å². The van der Waals surface area contributed by atoms with Crippen molar-refractivity contribution in [3.05, 3.63) is 35.5 Å². The molecule has 10 nitrogen and oxygen atoms in total. The molecule has 1 amide bonds. The molecule has 40 heavy (non-hydrogen) atoms. The zero-order valence-electron chi connectivity index (χ0n) is 22.5. The van der Waals surface area contributed by atoms with Crippen LogP contribution < -0.4 is 24.6 Å². The normalized spacial score (nSPS) is 20.4. The number of halogens is 1. The van der Waals surface area contributed by atoms with Gasteiger partial charge in [0.2, 0.25) is 10.0 Å². The van der Waals surface area contributed by atoms with Crippen molar-refractivity contribution in [2.24, 2.45) is 5.41 Å². The van der Waals surface area contributed by atoms with E-state index in [1.165, 1.54) is 18.9 Å². The summed E-state index contributed by atoms with van der Waals surface area (Å²) in [6, 6.07) is 6.42. The summed E-state index contributed by atoms with van der Waals surface area (Å²) < 4.78 is 47.7. The number of alkyl halides is 1. The number of sulfonamides is 1. The van der Waals surface area contributed by atoms with Gasteiger partial charge in [-0.3, -0.25) is 4.79 Å². The lowest BCUT2D eigenvalue weighted by Crippen LogP contribution is -2.36. The molecule has 0 unspecified atom stereocenters. The van der Waals surface area contributed by atoms with Gasteiger partial charge in [0.1, 0.15) is 11.9 Å². The number of carbonyl (C=O) groups excluding carboxylic acids is 1. The largest absolute Gasteiger partial charge is 0.489 e. The number of nitrogens with one attached hydrogen (secondary N) is 2. The Hall–Kier alpha value is -2.96. The maximum absolute atomic E-state index is 13.8. The minimum absolute atomic E-state index is 0.0759. The van der Waals surface area contributed by atoms with Crippen LogP contribution in [0.2, 0.25) is 0 Å². The average molecular weight is 574 g/mol. The van der Waals surface area contributed by atoms with Crippen LogP contribution in [0.25, 0.3) is 0 Å². The highest BCUT2D eigenvalue weighted by atomic mass is 32.2. The molecule has 0 radical (unpaired) electrons. The van der Waals surface area contributed by atoms with E-state index < -0.39 is 22.1 Å². The van der Waals surface area contributed by atoms with E-state index in [-0.39, 0.29) is 23.7 Å². The number of hydrogen-bond acceptors (Lipinski definition) is 8. The monoisotopic (exact) mass is 573 g/mol. The zero-order chi connectivity index (χ0) is 27.9. The zero-order valence-corrected chi connectivity index (χ0v) is 23.3. The standard InChI is InChI=1S/C28H36FN5O5S/c29-20-3-11-34(12-4-20)26-25-19(5-16-39-25)17-23(31-26)27(36)32-22-2-1-21(40(37,38)30-10-15-35)18-24(22)33-13-8-28(6-7-28)9-14-33/h1-2,17-18,20,30,35H,3-16H2,(H,32,36). The molecule has 3 fully saturated rings. The molecule has 216 valence electrons. The number of aromatic nitrogens is 1. The average Bonchev–Trinajstić information content (AvgIpc) is 3.53. The molecular formula is C28H36FN5O5S. The fourth-order valence-corrected chi connectivity index (χ4v) is 7.00. The third kappa shape index (κ3) is 5.48. The van der Waals surface area contributed by atoms with Crippen molar-refractivity contribution in [2.45, 2.75) is 56.0 Å². The summed E-state index contributed by atoms with van der Waals surface area (Å²) in [6.45, 7) is 2.70. The van der Waals surface area contributed by atoms with Gasteiger partial charge >= 0.3 is 0 Å². The SMILES string of the molecule is O=C(Nc1ccc(S(=O)(=O)NCCO)cc1N1CCC2(CC1)CC2)c1cc2c(c(N3CCC(F)CC3)n1)OCC2. The third-order valence-corrected chi connectivity index (χ3v) is 10.1. The van der Waals surface area contributed by atoms with Crippen molar-refractivity contribution in [2.75, 3.05) is 61.1 Å². The van der Waals surface area contributed by atoms with E-state index in [0.29, 0.717) is 67.3 Å². The maximum Gasteiger partial charge on any atom is 0.274 e. The van der Waals surface area contributed by atoms with Gasteiger partial charge in [0.15, 0.2) is 11.6 Å². The summed E-state index contributed by atoms with van der Waals surface area (Å²) in [5, 5.41) is 12.1. The van der Waals surface area contributed by atoms with Gasteiger partial charge in [-0.15, -0.1) is 0 Å². The van der Waals surface area contributed by atoms with E-state index in [1.54, 1.807) is 18.2 Å². The summed E-state index contributed by atoms with van der Waals surface area (Å²) in [7, 11) is -3.83. The number of pyridine rings is 1. The molecule has 1 aromatic heterocycles. The second kappa shape index (κ2) is 10.8. The van der Waals surface area contributed by atoms with Gasteiger partial charge in [0.05, 0.1) is 29.5 Å². The van der Waals surface area contributed by atoms with Crippen LogP contribution in [-0.4, -0.2) is 76.5 Å². The Kier molecular flexibility index (Phi) is 7.34. The van der Waals surface area contributed by atoms with Crippen LogP contribution in [0.3, 0.4) is 0 Å². The first-order valence-corrected chi connectivity index (χ1v) is 15.6. The number of aliphatic hydroxyl groups is 1. The topological polar surface area (TPSA) is 124 Å². The van der Waals surface area contributed by atoms with Crippen molar-refractivity contribution in [1.82, 2.24) is 9.71 Å². The van der Waals surface area contributed by atoms with E-state index in [9.17, 15) is 17.6 Å². The van der Waals surface area contributed by atoms with Gasteiger partial charge in [-0.2, -0.15) is 0 Å². The molecule has 2 aromatic rings. The summed E-state index contributed by atoms with van der Waals surface area (Å²) in [6.07, 6.45) is 5.21. The first-order chi connectivity index (χ1) is 19.3. The van der Waals surface area contributed by atoms with Gasteiger partial charge < -0.3 is 25.0 Å². The van der Waals surface area contributed by atoms with Crippen molar-refractivity contribution in [3.63, 3.8) is 0 Å². The van der Waals surface area contributed by atoms with Crippen molar-refractivity contribution >= 4 is 33.1 Å². The Bertz CT molecular complexity index is 1380. The summed E-state index contributed by atoms with van der Waals surface area (Å²) in [4.78, 5) is 22.5. The van der Waals surface area contributed by atoms with Crippen LogP contribution in [-0.2, 0) is 16.4 Å². The summed E-state index contributed by atoms with van der Waals surface area (Å²) in [5.41, 5.74) is 2.72. The van der Waals surface area contributed by atoms with E-state index in [0.717, 1.165) is 31.5 Å². The number of amides is 1. The molecule has 1 spiro atoms. The number of benzene rings is 1. The number of rotatable bonds is 8. The number of ether oxygens (including phenoxy) is 1. The molecule has 4 heterocycles. The number of carbonyl (C=O) groups is 1. The van der Waals surface area contributed by atoms with E-state index in [4.69, 9.17) is 9.84 Å². The Balaban J connectivity index is 1.29. The Labute approximate surface area is 234 Å². The molecule has 0 atom stereocenters. The number of nitrogens with zero attached hydrogens (tertiary/aromatic N) is 3. The van der Waals surface area contributed by atoms with Crippen LogP contribution >= 0.6 is 0 Å². The number of fused-ring (bicyclic) bond motifs is 1. The number of piperidine rings is 2. The van der Waals surface area contributed by atoms with E-state index in [1.807, 2.05) is 4.90 Å². The van der Waals surface area contributed by atoms with Crippen LogP contribution in [0.4, 0.5) is 21.6 Å². The minimum Gasteiger partial charge on any atom is -0.489 e. The molecule has 1 aromatic carbocycles. The summed E-state index contributed by atoms with van der Waals surface area (Å²) in [5.74, 6) is 0.846. The van der Waals surface area contributed by atoms with E-state index >= 15 is 0 Å². The third-order valence-electron chi connectivity index (χ3n) is 8.66. The van der Waals surface area contributed by atoms with Crippen molar-refractivity contribution in [1.29, 1.82) is 0 Å². The first-order valence-electron chi connectivity index (χ1n) is 14.1. The quantitative estimate of drug-likeness (QED) is 0.441. The molecule has 3 aliphatic heterocycles. The molecule has 4 aliphatic rings. The Morgan fingerprint density at radius 1 is 1.10 bits per heavy atom.